The monoisotopic (exact) mass is 354 g/mol. The molecule has 1 aromatic carbocycles. The lowest BCUT2D eigenvalue weighted by molar-refractivity contribution is 0.0966. The fourth-order valence-corrected chi connectivity index (χ4v) is 2.87. The van der Waals surface area contributed by atoms with Crippen molar-refractivity contribution in [3.63, 3.8) is 0 Å². The molecular formula is C18H15ClN4O2. The van der Waals surface area contributed by atoms with Crippen LogP contribution in [0, 0.1) is 0 Å². The Kier molecular flexibility index (Phi) is 3.97. The number of Topliss-reactive ketones (excluding diaryl/α,β-unsaturated/α-hetero) is 1. The van der Waals surface area contributed by atoms with Gasteiger partial charge in [-0.2, -0.15) is 0 Å². The highest BCUT2D eigenvalue weighted by Gasteiger charge is 2.30. The lowest BCUT2D eigenvalue weighted by Gasteiger charge is -2.02. The molecule has 0 aliphatic heterocycles. The SMILES string of the molecule is O=C(Cn1nc(-c2cccnc2)n(C2CC2)c1=O)c1ccc(Cl)cc1. The molecule has 7 heteroatoms. The second kappa shape index (κ2) is 6.29. The second-order valence-electron chi connectivity index (χ2n) is 6.04. The van der Waals surface area contributed by atoms with Gasteiger partial charge in [0.2, 0.25) is 0 Å². The lowest BCUT2D eigenvalue weighted by atomic mass is 10.1. The van der Waals surface area contributed by atoms with Crippen LogP contribution in [0.3, 0.4) is 0 Å². The van der Waals surface area contributed by atoms with E-state index in [1.165, 1.54) is 4.68 Å². The molecule has 0 saturated heterocycles. The molecule has 0 unspecified atom stereocenters. The number of hydrogen-bond acceptors (Lipinski definition) is 4. The Morgan fingerprint density at radius 2 is 1.96 bits per heavy atom. The molecule has 1 aliphatic rings. The summed E-state index contributed by atoms with van der Waals surface area (Å²) in [6, 6.07) is 10.4. The molecule has 0 radical (unpaired) electrons. The molecule has 1 saturated carbocycles. The van der Waals surface area contributed by atoms with E-state index < -0.39 is 0 Å². The van der Waals surface area contributed by atoms with Gasteiger partial charge >= 0.3 is 5.69 Å². The third-order valence-corrected chi connectivity index (χ3v) is 4.41. The van der Waals surface area contributed by atoms with Crippen molar-refractivity contribution < 1.29 is 4.79 Å². The molecule has 4 rings (SSSR count). The third-order valence-electron chi connectivity index (χ3n) is 4.16. The Hall–Kier alpha value is -2.73. The maximum atomic E-state index is 12.7. The van der Waals surface area contributed by atoms with E-state index in [9.17, 15) is 9.59 Å². The van der Waals surface area contributed by atoms with E-state index in [-0.39, 0.29) is 24.1 Å². The molecule has 1 fully saturated rings. The highest BCUT2D eigenvalue weighted by Crippen LogP contribution is 2.36. The summed E-state index contributed by atoms with van der Waals surface area (Å²) in [5.41, 5.74) is 1.01. The maximum Gasteiger partial charge on any atom is 0.346 e. The second-order valence-corrected chi connectivity index (χ2v) is 6.47. The topological polar surface area (TPSA) is 69.8 Å². The van der Waals surface area contributed by atoms with Crippen molar-refractivity contribution in [3.8, 4) is 11.4 Å². The molecule has 1 aliphatic carbocycles. The van der Waals surface area contributed by atoms with Crippen LogP contribution in [0.5, 0.6) is 0 Å². The molecule has 0 spiro atoms. The number of benzene rings is 1. The van der Waals surface area contributed by atoms with Crippen molar-refractivity contribution in [1.82, 2.24) is 19.3 Å². The van der Waals surface area contributed by atoms with Gasteiger partial charge in [0.1, 0.15) is 6.54 Å². The molecule has 0 atom stereocenters. The van der Waals surface area contributed by atoms with Crippen LogP contribution < -0.4 is 5.69 Å². The van der Waals surface area contributed by atoms with Crippen LogP contribution in [-0.4, -0.2) is 25.1 Å². The molecule has 6 nitrogen and oxygen atoms in total. The van der Waals surface area contributed by atoms with Gasteiger partial charge in [-0.25, -0.2) is 9.48 Å². The largest absolute Gasteiger partial charge is 0.346 e. The summed E-state index contributed by atoms with van der Waals surface area (Å²) in [6.07, 6.45) is 5.24. The zero-order valence-electron chi connectivity index (χ0n) is 13.3. The number of pyridine rings is 1. The normalized spacial score (nSPS) is 13.8. The molecule has 3 aromatic rings. The van der Waals surface area contributed by atoms with Gasteiger partial charge in [0.15, 0.2) is 11.6 Å². The minimum absolute atomic E-state index is 0.104. The first-order chi connectivity index (χ1) is 12.1. The van der Waals surface area contributed by atoms with Crippen LogP contribution >= 0.6 is 11.6 Å². The minimum atomic E-state index is -0.260. The van der Waals surface area contributed by atoms with E-state index in [1.807, 2.05) is 6.07 Å². The highest BCUT2D eigenvalue weighted by atomic mass is 35.5. The number of hydrogen-bond donors (Lipinski definition) is 0. The lowest BCUT2D eigenvalue weighted by Crippen LogP contribution is -2.27. The van der Waals surface area contributed by atoms with Gasteiger partial charge in [0, 0.05) is 34.6 Å². The van der Waals surface area contributed by atoms with Crippen LogP contribution in [0.1, 0.15) is 29.2 Å². The Morgan fingerprint density at radius 3 is 2.60 bits per heavy atom. The average molecular weight is 355 g/mol. The van der Waals surface area contributed by atoms with Crippen molar-refractivity contribution in [3.05, 3.63) is 69.9 Å². The Bertz CT molecular complexity index is 973. The van der Waals surface area contributed by atoms with Gasteiger partial charge in [-0.05, 0) is 49.2 Å². The van der Waals surface area contributed by atoms with Crippen LogP contribution in [-0.2, 0) is 6.54 Å². The first-order valence-electron chi connectivity index (χ1n) is 8.02. The standard InChI is InChI=1S/C18H15ClN4O2/c19-14-5-3-12(4-6-14)16(24)11-22-18(25)23(15-7-8-15)17(21-22)13-2-1-9-20-10-13/h1-6,9-10,15H,7-8,11H2. The molecule has 0 N–H and O–H groups in total. The van der Waals surface area contributed by atoms with Gasteiger partial charge in [0.25, 0.3) is 0 Å². The molecule has 0 amide bonds. The number of halogens is 1. The predicted molar refractivity (Wildman–Crippen MR) is 93.8 cm³/mol. The summed E-state index contributed by atoms with van der Waals surface area (Å²) in [5.74, 6) is 0.376. The molecule has 2 heterocycles. The summed E-state index contributed by atoms with van der Waals surface area (Å²) in [7, 11) is 0. The molecule has 2 aromatic heterocycles. The predicted octanol–water partition coefficient (Wildman–Crippen LogP) is 2.98. The molecular weight excluding hydrogens is 340 g/mol. The number of aromatic nitrogens is 4. The van der Waals surface area contributed by atoms with E-state index in [4.69, 9.17) is 11.6 Å². The Labute approximate surface area is 148 Å². The van der Waals surface area contributed by atoms with E-state index in [0.717, 1.165) is 18.4 Å². The van der Waals surface area contributed by atoms with Gasteiger partial charge in [-0.3, -0.25) is 14.3 Å². The van der Waals surface area contributed by atoms with Crippen molar-refractivity contribution in [2.45, 2.75) is 25.4 Å². The Balaban J connectivity index is 1.70. The zero-order chi connectivity index (χ0) is 17.4. The number of carbonyl (C=O) groups is 1. The van der Waals surface area contributed by atoms with Crippen LogP contribution in [0.25, 0.3) is 11.4 Å². The van der Waals surface area contributed by atoms with Crippen molar-refractivity contribution in [2.75, 3.05) is 0 Å². The fraction of sp³-hybridized carbons (Fsp3) is 0.222. The third kappa shape index (κ3) is 3.13. The highest BCUT2D eigenvalue weighted by molar-refractivity contribution is 6.30. The number of nitrogens with zero attached hydrogens (tertiary/aromatic N) is 4. The zero-order valence-corrected chi connectivity index (χ0v) is 14.1. The van der Waals surface area contributed by atoms with E-state index >= 15 is 0 Å². The van der Waals surface area contributed by atoms with Gasteiger partial charge in [-0.15, -0.1) is 5.10 Å². The van der Waals surface area contributed by atoms with E-state index in [1.54, 1.807) is 47.3 Å². The molecule has 126 valence electrons. The van der Waals surface area contributed by atoms with E-state index in [0.29, 0.717) is 16.4 Å². The average Bonchev–Trinajstić information content (AvgIpc) is 3.41. The first-order valence-corrected chi connectivity index (χ1v) is 8.40. The van der Waals surface area contributed by atoms with Crippen LogP contribution in [0.4, 0.5) is 0 Å². The van der Waals surface area contributed by atoms with Crippen molar-refractivity contribution in [2.24, 2.45) is 0 Å². The van der Waals surface area contributed by atoms with Crippen LogP contribution in [0.2, 0.25) is 5.02 Å². The van der Waals surface area contributed by atoms with Crippen LogP contribution in [0.15, 0.2) is 53.6 Å². The van der Waals surface area contributed by atoms with Gasteiger partial charge in [0.05, 0.1) is 0 Å². The smallest absolute Gasteiger partial charge is 0.292 e. The van der Waals surface area contributed by atoms with Crippen molar-refractivity contribution in [1.29, 1.82) is 0 Å². The summed E-state index contributed by atoms with van der Waals surface area (Å²) in [5, 5.41) is 4.97. The summed E-state index contributed by atoms with van der Waals surface area (Å²) >= 11 is 5.85. The van der Waals surface area contributed by atoms with Gasteiger partial charge < -0.3 is 0 Å². The number of rotatable bonds is 5. The quantitative estimate of drug-likeness (QED) is 0.660. The summed E-state index contributed by atoms with van der Waals surface area (Å²) in [4.78, 5) is 29.3. The first kappa shape index (κ1) is 15.8. The minimum Gasteiger partial charge on any atom is -0.292 e. The summed E-state index contributed by atoms with van der Waals surface area (Å²) in [6.45, 7) is -0.104. The molecule has 0 bridgehead atoms. The Morgan fingerprint density at radius 1 is 1.20 bits per heavy atom. The van der Waals surface area contributed by atoms with E-state index in [2.05, 4.69) is 10.1 Å². The summed E-state index contributed by atoms with van der Waals surface area (Å²) < 4.78 is 2.91. The molecule has 25 heavy (non-hydrogen) atoms. The fourth-order valence-electron chi connectivity index (χ4n) is 2.74. The van der Waals surface area contributed by atoms with Crippen molar-refractivity contribution >= 4 is 17.4 Å². The number of ketones is 1. The van der Waals surface area contributed by atoms with Gasteiger partial charge in [-0.1, -0.05) is 11.6 Å². The maximum absolute atomic E-state index is 12.7. The number of carbonyl (C=O) groups excluding carboxylic acids is 1.